The summed E-state index contributed by atoms with van der Waals surface area (Å²) in [6, 6.07) is 7.23. The van der Waals surface area contributed by atoms with Crippen LogP contribution in [0.3, 0.4) is 0 Å². The lowest BCUT2D eigenvalue weighted by Crippen LogP contribution is -2.14. The molecule has 22 heavy (non-hydrogen) atoms. The van der Waals surface area contributed by atoms with Crippen LogP contribution < -0.4 is 10.6 Å². The average molecular weight is 316 g/mol. The van der Waals surface area contributed by atoms with Crippen molar-refractivity contribution < 1.29 is 9.53 Å². The van der Waals surface area contributed by atoms with E-state index in [1.807, 2.05) is 13.1 Å². The molecule has 0 aliphatic heterocycles. The fraction of sp³-hybridized carbons (Fsp3) is 0.267. The first-order chi connectivity index (χ1) is 10.6. The molecule has 1 heterocycles. The maximum atomic E-state index is 11.4. The lowest BCUT2D eigenvalue weighted by atomic mass is 10.1. The summed E-state index contributed by atoms with van der Waals surface area (Å²) in [5.74, 6) is 0. The van der Waals surface area contributed by atoms with E-state index in [1.165, 1.54) is 0 Å². The third-order valence-corrected chi connectivity index (χ3v) is 3.70. The maximum Gasteiger partial charge on any atom is 0.411 e. The number of carbonyl (C=O) groups excluding carboxylic acids is 1. The first-order valence-corrected chi connectivity index (χ1v) is 7.57. The van der Waals surface area contributed by atoms with E-state index in [0.717, 1.165) is 15.6 Å². The average Bonchev–Trinajstić information content (AvgIpc) is 2.92. The third-order valence-electron chi connectivity index (χ3n) is 2.79. The first kappa shape index (κ1) is 15.8. The number of ether oxygens (including phenoxy) is 1. The molecule has 2 N–H and O–H groups in total. The minimum absolute atomic E-state index is 0.279. The molecule has 0 saturated heterocycles. The second-order valence-corrected chi connectivity index (χ2v) is 5.74. The highest BCUT2D eigenvalue weighted by molar-refractivity contribution is 7.11. The molecule has 0 spiro atoms. The van der Waals surface area contributed by atoms with Crippen LogP contribution in [0.25, 0.3) is 0 Å². The molecule has 0 aliphatic carbocycles. The van der Waals surface area contributed by atoms with Crippen LogP contribution in [0.1, 0.15) is 22.4 Å². The number of aromatic nitrogens is 1. The van der Waals surface area contributed by atoms with Crippen LogP contribution in [0.15, 0.2) is 24.4 Å². The van der Waals surface area contributed by atoms with Gasteiger partial charge in [0, 0.05) is 16.8 Å². The van der Waals surface area contributed by atoms with Gasteiger partial charge in [-0.25, -0.2) is 9.78 Å². The zero-order chi connectivity index (χ0) is 15.9. The van der Waals surface area contributed by atoms with E-state index in [9.17, 15) is 10.1 Å². The minimum Gasteiger partial charge on any atom is -0.450 e. The van der Waals surface area contributed by atoms with Crippen molar-refractivity contribution in [2.24, 2.45) is 0 Å². The van der Waals surface area contributed by atoms with Crippen molar-refractivity contribution in [3.05, 3.63) is 39.8 Å². The second-order valence-electron chi connectivity index (χ2n) is 4.42. The van der Waals surface area contributed by atoms with Gasteiger partial charge in [-0.15, -0.1) is 11.3 Å². The van der Waals surface area contributed by atoms with Gasteiger partial charge >= 0.3 is 6.09 Å². The highest BCUT2D eigenvalue weighted by Gasteiger charge is 2.08. The molecule has 7 heteroatoms. The molecule has 1 aromatic carbocycles. The number of nitriles is 1. The van der Waals surface area contributed by atoms with E-state index >= 15 is 0 Å². The molecular weight excluding hydrogens is 300 g/mol. The molecule has 0 saturated carbocycles. The number of hydrogen-bond acceptors (Lipinski definition) is 6. The number of benzene rings is 1. The molecule has 0 unspecified atom stereocenters. The van der Waals surface area contributed by atoms with Gasteiger partial charge < -0.3 is 10.1 Å². The van der Waals surface area contributed by atoms with Gasteiger partial charge in [-0.3, -0.25) is 5.32 Å². The predicted molar refractivity (Wildman–Crippen MR) is 86.0 cm³/mol. The summed E-state index contributed by atoms with van der Waals surface area (Å²) in [4.78, 5) is 16.7. The van der Waals surface area contributed by atoms with Crippen LogP contribution in [0.5, 0.6) is 0 Å². The molecule has 0 fully saturated rings. The van der Waals surface area contributed by atoms with Crippen molar-refractivity contribution in [2.45, 2.75) is 20.4 Å². The lowest BCUT2D eigenvalue weighted by Gasteiger charge is -2.10. The Kier molecular flexibility index (Phi) is 5.33. The van der Waals surface area contributed by atoms with Crippen LogP contribution in [-0.2, 0) is 11.3 Å². The summed E-state index contributed by atoms with van der Waals surface area (Å²) < 4.78 is 4.80. The van der Waals surface area contributed by atoms with Gasteiger partial charge in [0.25, 0.3) is 0 Å². The number of amides is 1. The molecule has 0 atom stereocenters. The van der Waals surface area contributed by atoms with Crippen LogP contribution in [0.4, 0.5) is 16.2 Å². The minimum atomic E-state index is -0.570. The Bertz CT molecular complexity index is 706. The van der Waals surface area contributed by atoms with Crippen molar-refractivity contribution in [3.63, 3.8) is 0 Å². The number of anilines is 2. The van der Waals surface area contributed by atoms with E-state index in [0.29, 0.717) is 17.8 Å². The Morgan fingerprint density at radius 1 is 1.50 bits per heavy atom. The van der Waals surface area contributed by atoms with Gasteiger partial charge in [-0.2, -0.15) is 5.26 Å². The van der Waals surface area contributed by atoms with E-state index in [-0.39, 0.29) is 6.61 Å². The fourth-order valence-corrected chi connectivity index (χ4v) is 2.54. The quantitative estimate of drug-likeness (QED) is 0.881. The molecule has 6 nitrogen and oxygen atoms in total. The van der Waals surface area contributed by atoms with Gasteiger partial charge in [0.05, 0.1) is 29.4 Å². The van der Waals surface area contributed by atoms with Gasteiger partial charge in [0.15, 0.2) is 0 Å². The number of hydrogen-bond donors (Lipinski definition) is 2. The summed E-state index contributed by atoms with van der Waals surface area (Å²) in [5, 5.41) is 16.0. The fourth-order valence-electron chi connectivity index (χ4n) is 1.81. The van der Waals surface area contributed by atoms with Crippen molar-refractivity contribution in [2.75, 3.05) is 17.2 Å². The van der Waals surface area contributed by atoms with Gasteiger partial charge in [0.2, 0.25) is 0 Å². The molecule has 114 valence electrons. The van der Waals surface area contributed by atoms with Gasteiger partial charge in [-0.05, 0) is 32.0 Å². The van der Waals surface area contributed by atoms with Gasteiger partial charge in [-0.1, -0.05) is 0 Å². The Labute approximate surface area is 132 Å². The zero-order valence-corrected chi connectivity index (χ0v) is 13.2. The zero-order valence-electron chi connectivity index (χ0n) is 12.3. The second kappa shape index (κ2) is 7.43. The Morgan fingerprint density at radius 3 is 2.95 bits per heavy atom. The first-order valence-electron chi connectivity index (χ1n) is 6.75. The van der Waals surface area contributed by atoms with Crippen molar-refractivity contribution in [1.82, 2.24) is 4.98 Å². The van der Waals surface area contributed by atoms with Crippen molar-refractivity contribution in [1.29, 1.82) is 5.26 Å². The summed E-state index contributed by atoms with van der Waals surface area (Å²) in [6.07, 6.45) is 1.26. The van der Waals surface area contributed by atoms with E-state index in [1.54, 1.807) is 36.5 Å². The summed E-state index contributed by atoms with van der Waals surface area (Å²) in [5.41, 5.74) is 1.61. The number of nitrogens with zero attached hydrogens (tertiary/aromatic N) is 2. The number of nitrogens with one attached hydrogen (secondary N) is 2. The molecule has 1 amide bonds. The number of thiazole rings is 1. The summed E-state index contributed by atoms with van der Waals surface area (Å²) in [7, 11) is 0. The van der Waals surface area contributed by atoms with E-state index in [2.05, 4.69) is 21.7 Å². The molecule has 0 bridgehead atoms. The largest absolute Gasteiger partial charge is 0.450 e. The molecule has 0 aliphatic rings. The molecular formula is C15H16N4O2S. The highest BCUT2D eigenvalue weighted by atomic mass is 32.1. The van der Waals surface area contributed by atoms with Crippen LogP contribution >= 0.6 is 11.3 Å². The monoisotopic (exact) mass is 316 g/mol. The molecule has 2 aromatic rings. The van der Waals surface area contributed by atoms with E-state index < -0.39 is 6.09 Å². The van der Waals surface area contributed by atoms with E-state index in [4.69, 9.17) is 4.74 Å². The standard InChI is InChI=1S/C15H16N4O2S/c1-3-21-15(20)19-14-5-4-12(6-11(14)7-16)18-9-13-8-17-10(2)22-13/h4-6,8,18H,3,9H2,1-2H3,(H,19,20). The predicted octanol–water partition coefficient (Wildman–Crippen LogP) is 3.50. The maximum absolute atomic E-state index is 11.4. The molecule has 1 aromatic heterocycles. The molecule has 0 radical (unpaired) electrons. The number of aryl methyl sites for hydroxylation is 1. The lowest BCUT2D eigenvalue weighted by molar-refractivity contribution is 0.168. The Balaban J connectivity index is 2.05. The number of rotatable bonds is 5. The molecule has 2 rings (SSSR count). The number of carbonyl (C=O) groups is 1. The SMILES string of the molecule is CCOC(=O)Nc1ccc(NCc2cnc(C)s2)cc1C#N. The summed E-state index contributed by atoms with van der Waals surface area (Å²) in [6.45, 7) is 4.60. The van der Waals surface area contributed by atoms with Crippen LogP contribution in [0, 0.1) is 18.3 Å². The van der Waals surface area contributed by atoms with Gasteiger partial charge in [0.1, 0.15) is 6.07 Å². The Hall–Kier alpha value is -2.59. The van der Waals surface area contributed by atoms with Crippen LogP contribution in [0.2, 0.25) is 0 Å². The third kappa shape index (κ3) is 4.20. The van der Waals surface area contributed by atoms with Crippen molar-refractivity contribution in [3.8, 4) is 6.07 Å². The normalized spacial score (nSPS) is 9.86. The highest BCUT2D eigenvalue weighted by Crippen LogP contribution is 2.21. The topological polar surface area (TPSA) is 87.0 Å². The smallest absolute Gasteiger partial charge is 0.411 e. The van der Waals surface area contributed by atoms with Crippen LogP contribution in [-0.4, -0.2) is 17.7 Å². The van der Waals surface area contributed by atoms with Crippen molar-refractivity contribution >= 4 is 28.8 Å². The Morgan fingerprint density at radius 2 is 2.32 bits per heavy atom. The summed E-state index contributed by atoms with van der Waals surface area (Å²) >= 11 is 1.62.